The van der Waals surface area contributed by atoms with Crippen molar-refractivity contribution in [3.05, 3.63) is 48.0 Å². The van der Waals surface area contributed by atoms with Crippen LogP contribution in [0.3, 0.4) is 0 Å². The van der Waals surface area contributed by atoms with E-state index in [9.17, 15) is 9.90 Å². The topological polar surface area (TPSA) is 51.5 Å². The Morgan fingerprint density at radius 1 is 1.04 bits per heavy atom. The van der Waals surface area contributed by atoms with Gasteiger partial charge >= 0.3 is 5.97 Å². The zero-order chi connectivity index (χ0) is 16.7. The molecule has 24 heavy (non-hydrogen) atoms. The second kappa shape index (κ2) is 5.95. The Labute approximate surface area is 140 Å². The standard InChI is InChI=1S/C20H21NO3/c1-24-15-9-7-14(8-10-15)21-18-5-3-2-4-16(18)17-11-6-13(20(22)23)12-19(17)21/h2-6,11-12,14-15H,7-10H2,1H3,(H,22,23)/t14-,15-. The maximum absolute atomic E-state index is 11.4. The summed E-state index contributed by atoms with van der Waals surface area (Å²) in [6, 6.07) is 14.2. The van der Waals surface area contributed by atoms with Crippen LogP contribution in [-0.4, -0.2) is 28.9 Å². The molecule has 1 N–H and O–H groups in total. The number of rotatable bonds is 3. The SMILES string of the molecule is CO[C@H]1CC[C@H](n2c3ccccc3c3ccc(C(=O)O)cc32)CC1. The lowest BCUT2D eigenvalue weighted by molar-refractivity contribution is 0.0595. The van der Waals surface area contributed by atoms with Gasteiger partial charge in [-0.05, 0) is 43.9 Å². The van der Waals surface area contributed by atoms with Gasteiger partial charge in [0, 0.05) is 29.4 Å². The molecule has 4 nitrogen and oxygen atoms in total. The molecular weight excluding hydrogens is 302 g/mol. The van der Waals surface area contributed by atoms with E-state index < -0.39 is 5.97 Å². The van der Waals surface area contributed by atoms with Gasteiger partial charge < -0.3 is 14.4 Å². The van der Waals surface area contributed by atoms with Crippen molar-refractivity contribution in [2.45, 2.75) is 37.8 Å². The van der Waals surface area contributed by atoms with Crippen molar-refractivity contribution in [3.8, 4) is 0 Å². The summed E-state index contributed by atoms with van der Waals surface area (Å²) in [5.41, 5.74) is 2.56. The van der Waals surface area contributed by atoms with Crippen LogP contribution in [0, 0.1) is 0 Å². The lowest BCUT2D eigenvalue weighted by Gasteiger charge is -2.30. The molecule has 0 saturated heterocycles. The minimum Gasteiger partial charge on any atom is -0.478 e. The van der Waals surface area contributed by atoms with Gasteiger partial charge in [-0.1, -0.05) is 24.3 Å². The monoisotopic (exact) mass is 323 g/mol. The molecule has 0 aliphatic heterocycles. The van der Waals surface area contributed by atoms with Crippen molar-refractivity contribution in [2.24, 2.45) is 0 Å². The summed E-state index contributed by atoms with van der Waals surface area (Å²) in [5, 5.41) is 11.7. The fourth-order valence-electron chi connectivity index (χ4n) is 4.07. The number of hydrogen-bond donors (Lipinski definition) is 1. The van der Waals surface area contributed by atoms with Gasteiger partial charge in [-0.2, -0.15) is 0 Å². The molecule has 0 spiro atoms. The Morgan fingerprint density at radius 3 is 2.46 bits per heavy atom. The van der Waals surface area contributed by atoms with E-state index in [0.29, 0.717) is 17.7 Å². The molecule has 1 heterocycles. The number of aromatic nitrogens is 1. The first-order valence-electron chi connectivity index (χ1n) is 8.48. The van der Waals surface area contributed by atoms with Crippen LogP contribution >= 0.6 is 0 Å². The van der Waals surface area contributed by atoms with E-state index in [0.717, 1.165) is 36.6 Å². The van der Waals surface area contributed by atoms with Gasteiger partial charge in [0.25, 0.3) is 0 Å². The Balaban J connectivity index is 1.90. The largest absolute Gasteiger partial charge is 0.478 e. The van der Waals surface area contributed by atoms with Gasteiger partial charge in [-0.25, -0.2) is 4.79 Å². The second-order valence-electron chi connectivity index (χ2n) is 6.59. The number of ether oxygens (including phenoxy) is 1. The smallest absolute Gasteiger partial charge is 0.335 e. The maximum Gasteiger partial charge on any atom is 0.335 e. The summed E-state index contributed by atoms with van der Waals surface area (Å²) in [6.45, 7) is 0. The third kappa shape index (κ3) is 2.38. The molecule has 124 valence electrons. The van der Waals surface area contributed by atoms with Crippen LogP contribution < -0.4 is 0 Å². The van der Waals surface area contributed by atoms with Gasteiger partial charge in [0.15, 0.2) is 0 Å². The lowest BCUT2D eigenvalue weighted by Crippen LogP contribution is -2.22. The Morgan fingerprint density at radius 2 is 1.75 bits per heavy atom. The van der Waals surface area contributed by atoms with E-state index in [4.69, 9.17) is 4.74 Å². The Kier molecular flexibility index (Phi) is 3.77. The lowest BCUT2D eigenvalue weighted by atomic mass is 9.92. The average molecular weight is 323 g/mol. The highest BCUT2D eigenvalue weighted by atomic mass is 16.5. The third-order valence-corrected chi connectivity index (χ3v) is 5.30. The fraction of sp³-hybridized carbons (Fsp3) is 0.350. The highest BCUT2D eigenvalue weighted by molar-refractivity contribution is 6.09. The number of hydrogen-bond acceptors (Lipinski definition) is 2. The molecule has 3 aromatic rings. The van der Waals surface area contributed by atoms with Crippen molar-refractivity contribution >= 4 is 27.8 Å². The molecule has 0 atom stereocenters. The number of fused-ring (bicyclic) bond motifs is 3. The number of benzene rings is 2. The summed E-state index contributed by atoms with van der Waals surface area (Å²) in [6.07, 6.45) is 4.57. The molecule has 1 aliphatic rings. The maximum atomic E-state index is 11.4. The second-order valence-corrected chi connectivity index (χ2v) is 6.59. The number of para-hydroxylation sites is 1. The minimum atomic E-state index is -0.878. The van der Waals surface area contributed by atoms with E-state index in [1.807, 2.05) is 18.2 Å². The summed E-state index contributed by atoms with van der Waals surface area (Å²) in [4.78, 5) is 11.4. The van der Waals surface area contributed by atoms with Crippen molar-refractivity contribution < 1.29 is 14.6 Å². The molecule has 4 rings (SSSR count). The summed E-state index contributed by atoms with van der Waals surface area (Å²) in [5.74, 6) is -0.878. The molecule has 0 bridgehead atoms. The van der Waals surface area contributed by atoms with Crippen LogP contribution in [-0.2, 0) is 4.74 Å². The van der Waals surface area contributed by atoms with E-state index in [1.54, 1.807) is 13.2 Å². The van der Waals surface area contributed by atoms with Gasteiger partial charge in [0.2, 0.25) is 0 Å². The quantitative estimate of drug-likeness (QED) is 0.765. The molecule has 1 aromatic heterocycles. The molecule has 0 amide bonds. The average Bonchev–Trinajstić information content (AvgIpc) is 2.95. The molecular formula is C20H21NO3. The summed E-state index contributed by atoms with van der Waals surface area (Å²) >= 11 is 0. The predicted octanol–water partition coefficient (Wildman–Crippen LogP) is 4.62. The summed E-state index contributed by atoms with van der Waals surface area (Å²) in [7, 11) is 1.78. The van der Waals surface area contributed by atoms with Gasteiger partial charge in [0.05, 0.1) is 17.2 Å². The molecule has 0 radical (unpaired) electrons. The highest BCUT2D eigenvalue weighted by Crippen LogP contribution is 2.38. The van der Waals surface area contributed by atoms with E-state index in [1.165, 1.54) is 10.9 Å². The molecule has 1 fully saturated rings. The van der Waals surface area contributed by atoms with Crippen LogP contribution in [0.4, 0.5) is 0 Å². The van der Waals surface area contributed by atoms with Crippen molar-refractivity contribution in [1.29, 1.82) is 0 Å². The van der Waals surface area contributed by atoms with Crippen LogP contribution in [0.15, 0.2) is 42.5 Å². The minimum absolute atomic E-state index is 0.345. The predicted molar refractivity (Wildman–Crippen MR) is 94.7 cm³/mol. The molecule has 1 aliphatic carbocycles. The Hall–Kier alpha value is -2.33. The fourth-order valence-corrected chi connectivity index (χ4v) is 4.07. The van der Waals surface area contributed by atoms with Crippen LogP contribution in [0.25, 0.3) is 21.8 Å². The van der Waals surface area contributed by atoms with E-state index in [-0.39, 0.29) is 0 Å². The molecule has 0 unspecified atom stereocenters. The number of carbonyl (C=O) groups is 1. The summed E-state index contributed by atoms with van der Waals surface area (Å²) < 4.78 is 7.85. The zero-order valence-electron chi connectivity index (χ0n) is 13.7. The van der Waals surface area contributed by atoms with Gasteiger partial charge in [-0.15, -0.1) is 0 Å². The van der Waals surface area contributed by atoms with Crippen molar-refractivity contribution in [2.75, 3.05) is 7.11 Å². The number of nitrogens with zero attached hydrogens (tertiary/aromatic N) is 1. The van der Waals surface area contributed by atoms with E-state index >= 15 is 0 Å². The van der Waals surface area contributed by atoms with Crippen LogP contribution in [0.1, 0.15) is 42.1 Å². The number of carboxylic acids is 1. The first-order chi connectivity index (χ1) is 11.7. The number of aromatic carboxylic acids is 1. The first-order valence-corrected chi connectivity index (χ1v) is 8.48. The molecule has 2 aromatic carbocycles. The van der Waals surface area contributed by atoms with Crippen molar-refractivity contribution in [3.63, 3.8) is 0 Å². The normalized spacial score (nSPS) is 21.4. The van der Waals surface area contributed by atoms with Crippen LogP contribution in [0.5, 0.6) is 0 Å². The Bertz CT molecular complexity index is 904. The van der Waals surface area contributed by atoms with Gasteiger partial charge in [0.1, 0.15) is 0 Å². The first kappa shape index (κ1) is 15.2. The zero-order valence-corrected chi connectivity index (χ0v) is 13.7. The molecule has 1 saturated carbocycles. The molecule has 4 heteroatoms. The van der Waals surface area contributed by atoms with Crippen molar-refractivity contribution in [1.82, 2.24) is 4.57 Å². The van der Waals surface area contributed by atoms with Crippen LogP contribution in [0.2, 0.25) is 0 Å². The number of carboxylic acid groups (broad SMARTS) is 1. The third-order valence-electron chi connectivity index (χ3n) is 5.30. The van der Waals surface area contributed by atoms with Gasteiger partial charge in [-0.3, -0.25) is 0 Å². The number of methoxy groups -OCH3 is 1. The highest BCUT2D eigenvalue weighted by Gasteiger charge is 2.25. The van der Waals surface area contributed by atoms with E-state index in [2.05, 4.69) is 22.8 Å².